The fourth-order valence-electron chi connectivity index (χ4n) is 2.14. The van der Waals surface area contributed by atoms with E-state index in [0.717, 1.165) is 19.3 Å². The number of nitrogens with two attached hydrogens (primary N) is 1. The zero-order chi connectivity index (χ0) is 16.4. The van der Waals surface area contributed by atoms with Crippen LogP contribution < -0.4 is 15.8 Å². The summed E-state index contributed by atoms with van der Waals surface area (Å²) in [6.45, 7) is 3.54. The summed E-state index contributed by atoms with van der Waals surface area (Å²) in [5, 5.41) is 2.92. The average molecular weight is 336 g/mol. The maximum atomic E-state index is 11.9. The summed E-state index contributed by atoms with van der Waals surface area (Å²) in [5.41, 5.74) is 5.67. The lowest BCUT2D eigenvalue weighted by Gasteiger charge is -2.22. The highest BCUT2D eigenvalue weighted by Crippen LogP contribution is 2.11. The second-order valence-corrected chi connectivity index (χ2v) is 7.35. The van der Waals surface area contributed by atoms with Crippen molar-refractivity contribution in [1.82, 2.24) is 10.0 Å². The molecule has 22 heavy (non-hydrogen) atoms. The molecule has 0 radical (unpaired) electrons. The molecule has 0 bridgehead atoms. The minimum Gasteiger partial charge on any atom is -0.383 e. The molecule has 4 N–H and O–H groups in total. The Labute approximate surface area is 132 Å². The first-order chi connectivity index (χ1) is 10.4. The van der Waals surface area contributed by atoms with Gasteiger partial charge in [-0.2, -0.15) is 0 Å². The molecular formula is C13H28N4O4S. The number of aliphatic imine (C=N–C) groups is 1. The summed E-state index contributed by atoms with van der Waals surface area (Å²) in [5.74, 6) is 0.121. The first-order valence-corrected chi connectivity index (χ1v) is 9.22. The average Bonchev–Trinajstić information content (AvgIpc) is 2.46. The summed E-state index contributed by atoms with van der Waals surface area (Å²) < 4.78 is 36.7. The van der Waals surface area contributed by atoms with Gasteiger partial charge in [-0.3, -0.25) is 4.99 Å². The number of guanidine groups is 1. The standard InChI is InChI=1S/C13H28N4O4S/c1-11(10-20-2)17-13(14)15-6-8-22(18,19)16-9-12-5-3-4-7-21-12/h11-12,16H,3-10H2,1-2H3,(H3,14,15,17). The van der Waals surface area contributed by atoms with Crippen molar-refractivity contribution in [3.63, 3.8) is 0 Å². The van der Waals surface area contributed by atoms with Crippen LogP contribution in [0.3, 0.4) is 0 Å². The highest BCUT2D eigenvalue weighted by molar-refractivity contribution is 7.89. The van der Waals surface area contributed by atoms with Crippen LogP contribution in [0, 0.1) is 0 Å². The minimum absolute atomic E-state index is 0.0198. The van der Waals surface area contributed by atoms with E-state index in [9.17, 15) is 8.42 Å². The Hall–Kier alpha value is -0.900. The predicted octanol–water partition coefficient (Wildman–Crippen LogP) is -0.586. The number of methoxy groups -OCH3 is 1. The molecule has 9 heteroatoms. The van der Waals surface area contributed by atoms with Gasteiger partial charge in [-0.15, -0.1) is 0 Å². The maximum Gasteiger partial charge on any atom is 0.213 e. The maximum absolute atomic E-state index is 11.9. The van der Waals surface area contributed by atoms with E-state index in [0.29, 0.717) is 19.8 Å². The van der Waals surface area contributed by atoms with Gasteiger partial charge in [0.05, 0.1) is 25.0 Å². The highest BCUT2D eigenvalue weighted by Gasteiger charge is 2.17. The zero-order valence-corrected chi connectivity index (χ0v) is 14.2. The van der Waals surface area contributed by atoms with Crippen LogP contribution in [0.25, 0.3) is 0 Å². The lowest BCUT2D eigenvalue weighted by molar-refractivity contribution is 0.0200. The molecule has 8 nitrogen and oxygen atoms in total. The number of nitrogens with one attached hydrogen (secondary N) is 2. The molecule has 1 aliphatic heterocycles. The van der Waals surface area contributed by atoms with Gasteiger partial charge in [0, 0.05) is 26.3 Å². The van der Waals surface area contributed by atoms with Gasteiger partial charge in [-0.05, 0) is 26.2 Å². The molecule has 1 aliphatic rings. The number of ether oxygens (including phenoxy) is 2. The Morgan fingerprint density at radius 3 is 2.91 bits per heavy atom. The van der Waals surface area contributed by atoms with Gasteiger partial charge in [0.2, 0.25) is 10.0 Å². The lowest BCUT2D eigenvalue weighted by Crippen LogP contribution is -2.41. The molecule has 0 aromatic rings. The summed E-state index contributed by atoms with van der Waals surface area (Å²) >= 11 is 0. The molecule has 1 rings (SSSR count). The molecule has 0 spiro atoms. The Bertz CT molecular complexity index is 435. The number of rotatable bonds is 9. The Morgan fingerprint density at radius 2 is 2.27 bits per heavy atom. The number of sulfonamides is 1. The van der Waals surface area contributed by atoms with Gasteiger partial charge in [0.15, 0.2) is 5.96 Å². The molecule has 130 valence electrons. The summed E-state index contributed by atoms with van der Waals surface area (Å²) in [6.07, 6.45) is 3.01. The van der Waals surface area contributed by atoms with E-state index in [1.54, 1.807) is 7.11 Å². The van der Waals surface area contributed by atoms with Crippen molar-refractivity contribution in [2.24, 2.45) is 10.7 Å². The Morgan fingerprint density at radius 1 is 1.50 bits per heavy atom. The first kappa shape index (κ1) is 19.1. The van der Waals surface area contributed by atoms with Crippen LogP contribution in [0.1, 0.15) is 26.2 Å². The van der Waals surface area contributed by atoms with Crippen molar-refractivity contribution in [2.75, 3.05) is 39.2 Å². The first-order valence-electron chi connectivity index (χ1n) is 7.57. The zero-order valence-electron chi connectivity index (χ0n) is 13.4. The third kappa shape index (κ3) is 8.52. The molecule has 0 aliphatic carbocycles. The van der Waals surface area contributed by atoms with E-state index in [2.05, 4.69) is 15.0 Å². The van der Waals surface area contributed by atoms with Crippen LogP contribution in [0.15, 0.2) is 4.99 Å². The van der Waals surface area contributed by atoms with E-state index in [-0.39, 0.29) is 30.4 Å². The number of hydrogen-bond donors (Lipinski definition) is 3. The number of nitrogens with zero attached hydrogens (tertiary/aromatic N) is 1. The summed E-state index contributed by atoms with van der Waals surface area (Å²) in [7, 11) is -1.76. The second-order valence-electron chi connectivity index (χ2n) is 5.42. The van der Waals surface area contributed by atoms with Gasteiger partial charge in [0.25, 0.3) is 0 Å². The van der Waals surface area contributed by atoms with Crippen molar-refractivity contribution in [3.8, 4) is 0 Å². The third-order valence-electron chi connectivity index (χ3n) is 3.26. The van der Waals surface area contributed by atoms with Gasteiger partial charge < -0.3 is 20.5 Å². The fourth-order valence-corrected chi connectivity index (χ4v) is 3.05. The molecule has 1 saturated heterocycles. The molecule has 1 heterocycles. The highest BCUT2D eigenvalue weighted by atomic mass is 32.2. The summed E-state index contributed by atoms with van der Waals surface area (Å²) in [4.78, 5) is 4.00. The van der Waals surface area contributed by atoms with Crippen LogP contribution in [0.4, 0.5) is 0 Å². The minimum atomic E-state index is -3.36. The van der Waals surface area contributed by atoms with E-state index >= 15 is 0 Å². The van der Waals surface area contributed by atoms with Crippen LogP contribution in [-0.4, -0.2) is 65.7 Å². The van der Waals surface area contributed by atoms with Crippen LogP contribution in [-0.2, 0) is 19.5 Å². The lowest BCUT2D eigenvalue weighted by atomic mass is 10.1. The van der Waals surface area contributed by atoms with E-state index in [4.69, 9.17) is 15.2 Å². The van der Waals surface area contributed by atoms with Gasteiger partial charge in [-0.1, -0.05) is 0 Å². The van der Waals surface area contributed by atoms with E-state index < -0.39 is 10.0 Å². The van der Waals surface area contributed by atoms with Crippen molar-refractivity contribution in [3.05, 3.63) is 0 Å². The van der Waals surface area contributed by atoms with Crippen molar-refractivity contribution in [1.29, 1.82) is 0 Å². The van der Waals surface area contributed by atoms with Gasteiger partial charge in [0.1, 0.15) is 0 Å². The van der Waals surface area contributed by atoms with Gasteiger partial charge in [-0.25, -0.2) is 13.1 Å². The third-order valence-corrected chi connectivity index (χ3v) is 4.58. The van der Waals surface area contributed by atoms with Crippen molar-refractivity contribution in [2.45, 2.75) is 38.3 Å². The molecule has 0 aromatic heterocycles. The molecule has 0 aromatic carbocycles. The SMILES string of the molecule is COCC(C)NC(N)=NCCS(=O)(=O)NCC1CCCCO1. The molecule has 1 fully saturated rings. The Kier molecular flexibility index (Phi) is 8.69. The van der Waals surface area contributed by atoms with Crippen molar-refractivity contribution < 1.29 is 17.9 Å². The van der Waals surface area contributed by atoms with E-state index in [1.807, 2.05) is 6.92 Å². The Balaban J connectivity index is 2.26. The fraction of sp³-hybridized carbons (Fsp3) is 0.923. The molecule has 2 unspecified atom stereocenters. The quantitative estimate of drug-likeness (QED) is 0.383. The molecule has 0 amide bonds. The smallest absolute Gasteiger partial charge is 0.213 e. The normalized spacial score (nSPS) is 21.5. The molecular weight excluding hydrogens is 308 g/mol. The van der Waals surface area contributed by atoms with Crippen LogP contribution >= 0.6 is 0 Å². The van der Waals surface area contributed by atoms with Gasteiger partial charge >= 0.3 is 0 Å². The van der Waals surface area contributed by atoms with Crippen molar-refractivity contribution >= 4 is 16.0 Å². The molecule has 2 atom stereocenters. The largest absolute Gasteiger partial charge is 0.383 e. The van der Waals surface area contributed by atoms with Crippen LogP contribution in [0.5, 0.6) is 0 Å². The predicted molar refractivity (Wildman–Crippen MR) is 86.3 cm³/mol. The summed E-state index contributed by atoms with van der Waals surface area (Å²) in [6, 6.07) is 0.0203. The number of hydrogen-bond acceptors (Lipinski definition) is 5. The second kappa shape index (κ2) is 9.98. The monoisotopic (exact) mass is 336 g/mol. The van der Waals surface area contributed by atoms with E-state index in [1.165, 1.54) is 0 Å². The topological polar surface area (TPSA) is 115 Å². The van der Waals surface area contributed by atoms with Crippen LogP contribution in [0.2, 0.25) is 0 Å². The molecule has 0 saturated carbocycles.